The number of hydrogen-bond donors (Lipinski definition) is 0. The summed E-state index contributed by atoms with van der Waals surface area (Å²) in [6.45, 7) is 18.5. The van der Waals surface area contributed by atoms with Crippen molar-refractivity contribution in [2.24, 2.45) is 0 Å². The monoisotopic (exact) mass is 1080 g/mol. The first kappa shape index (κ1) is 52.3. The summed E-state index contributed by atoms with van der Waals surface area (Å²) in [5, 5.41) is 12.5. The van der Waals surface area contributed by atoms with E-state index in [2.05, 4.69) is 320 Å². The van der Waals surface area contributed by atoms with E-state index in [1.165, 1.54) is 155 Å². The molecule has 0 aliphatic rings. The van der Waals surface area contributed by atoms with Crippen LogP contribution in [0.5, 0.6) is 0 Å². The Morgan fingerprint density at radius 1 is 0.262 bits per heavy atom. The van der Waals surface area contributed by atoms with Crippen molar-refractivity contribution in [3.05, 3.63) is 288 Å². The van der Waals surface area contributed by atoms with Crippen molar-refractivity contribution in [2.75, 3.05) is 9.80 Å². The molecule has 2 nitrogen and oxygen atoms in total. The minimum Gasteiger partial charge on any atom is -0.308 e. The Balaban J connectivity index is 1.13. The lowest BCUT2D eigenvalue weighted by atomic mass is 9.83. The lowest BCUT2D eigenvalue weighted by molar-refractivity contribution is 0.875. The fourth-order valence-electron chi connectivity index (χ4n) is 13.5. The Morgan fingerprint density at radius 2 is 0.607 bits per heavy atom. The third-order valence-electron chi connectivity index (χ3n) is 17.7. The van der Waals surface area contributed by atoms with E-state index < -0.39 is 0 Å². The highest BCUT2D eigenvalue weighted by atomic mass is 15.2. The maximum atomic E-state index is 2.64. The normalized spacial score (nSPS) is 11.8. The minimum absolute atomic E-state index is 0.207. The van der Waals surface area contributed by atoms with Crippen LogP contribution in [0.1, 0.15) is 72.9 Å². The maximum absolute atomic E-state index is 2.64. The lowest BCUT2D eigenvalue weighted by Crippen LogP contribution is -2.16. The molecule has 0 spiro atoms. The van der Waals surface area contributed by atoms with Crippen molar-refractivity contribution >= 4 is 88.0 Å². The molecule has 0 N–H and O–H groups in total. The largest absolute Gasteiger partial charge is 0.308 e. The molecule has 0 unspecified atom stereocenters. The second-order valence-corrected chi connectivity index (χ2v) is 23.9. The van der Waals surface area contributed by atoms with E-state index in [0.717, 1.165) is 11.4 Å². The van der Waals surface area contributed by atoms with Crippen molar-refractivity contribution in [3.8, 4) is 44.5 Å². The van der Waals surface area contributed by atoms with E-state index in [0.29, 0.717) is 0 Å². The van der Waals surface area contributed by atoms with Gasteiger partial charge >= 0.3 is 0 Å². The van der Waals surface area contributed by atoms with Gasteiger partial charge in [0, 0.05) is 32.7 Å². The summed E-state index contributed by atoms with van der Waals surface area (Å²) in [6.07, 6.45) is 0. The first-order valence-corrected chi connectivity index (χ1v) is 29.9. The number of nitrogens with zero attached hydrogens (tertiary/aromatic N) is 2. The van der Waals surface area contributed by atoms with Gasteiger partial charge in [-0.3, -0.25) is 0 Å². The smallest absolute Gasteiger partial charge is 0.0569 e. The first-order valence-electron chi connectivity index (χ1n) is 29.9. The standard InChI is InChI=1S/C82H68N2/c1-51(2)69-49-77(83(81-55(7)31-35-61-33-29-53(5)45-73(61)81)75-43-37-63(57-21-13-9-14-22-57)47-71(75)59-25-17-11-18-26-59)67-42-40-66-70(52(3)4)50-78(68-41-39-65(69)79(67)80(66)68)84(82-56(8)32-36-62-34-30-54(6)46-74(62)82)76-44-38-64(58-23-15-10-16-24-58)48-72(76)60-27-19-12-20-28-60/h9-52H,1-8H3. The molecule has 14 aromatic rings. The highest BCUT2D eigenvalue weighted by Crippen LogP contribution is 2.55. The highest BCUT2D eigenvalue weighted by Gasteiger charge is 2.30. The predicted octanol–water partition coefficient (Wildman–Crippen LogP) is 24.0. The second-order valence-electron chi connectivity index (χ2n) is 23.9. The van der Waals surface area contributed by atoms with Gasteiger partial charge in [-0.25, -0.2) is 0 Å². The molecule has 84 heavy (non-hydrogen) atoms. The van der Waals surface area contributed by atoms with Crippen molar-refractivity contribution in [3.63, 3.8) is 0 Å². The molecule has 406 valence electrons. The zero-order valence-corrected chi connectivity index (χ0v) is 49.3. The molecule has 0 radical (unpaired) electrons. The van der Waals surface area contributed by atoms with Gasteiger partial charge in [-0.15, -0.1) is 0 Å². The Hall–Kier alpha value is -9.76. The molecule has 0 saturated carbocycles. The summed E-state index contributed by atoms with van der Waals surface area (Å²) in [6, 6.07) is 96.0. The average Bonchev–Trinajstić information content (AvgIpc) is 1.09. The SMILES string of the molecule is Cc1ccc2ccc(C)c(N(c3ccc(-c4ccccc4)cc3-c3ccccc3)c3cc(C(C)C)c4ccc5c(N(c6ccc(-c7ccccc7)cc6-c6ccccc6)c6c(C)ccc7ccc(C)cc67)cc(C(C)C)c6ccc3c4c65)c2c1. The van der Waals surface area contributed by atoms with Gasteiger partial charge in [-0.1, -0.05) is 245 Å². The van der Waals surface area contributed by atoms with Gasteiger partial charge in [0.2, 0.25) is 0 Å². The van der Waals surface area contributed by atoms with E-state index >= 15 is 0 Å². The van der Waals surface area contributed by atoms with Crippen LogP contribution in [-0.2, 0) is 0 Å². The fourth-order valence-corrected chi connectivity index (χ4v) is 13.5. The molecule has 0 bridgehead atoms. The van der Waals surface area contributed by atoms with Gasteiger partial charge in [0.05, 0.1) is 34.1 Å². The third kappa shape index (κ3) is 8.96. The molecule has 0 amide bonds. The molecule has 14 rings (SSSR count). The molecule has 0 fully saturated rings. The van der Waals surface area contributed by atoms with Crippen LogP contribution in [0.15, 0.2) is 255 Å². The number of benzene rings is 14. The van der Waals surface area contributed by atoms with Gasteiger partial charge in [0.25, 0.3) is 0 Å². The van der Waals surface area contributed by atoms with Gasteiger partial charge in [-0.2, -0.15) is 0 Å². The molecular weight excluding hydrogens is 1010 g/mol. The maximum Gasteiger partial charge on any atom is 0.0569 e. The number of anilines is 6. The predicted molar refractivity (Wildman–Crippen MR) is 363 cm³/mol. The summed E-state index contributed by atoms with van der Waals surface area (Å²) in [4.78, 5) is 5.29. The molecule has 14 aromatic carbocycles. The quantitative estimate of drug-likeness (QED) is 0.113. The number of rotatable bonds is 12. The minimum atomic E-state index is 0.207. The third-order valence-corrected chi connectivity index (χ3v) is 17.7. The van der Waals surface area contributed by atoms with Crippen LogP contribution in [0.4, 0.5) is 34.1 Å². The zero-order chi connectivity index (χ0) is 57.3. The van der Waals surface area contributed by atoms with Crippen LogP contribution in [0, 0.1) is 27.7 Å². The molecule has 0 heterocycles. The van der Waals surface area contributed by atoms with Crippen LogP contribution in [0.25, 0.3) is 98.4 Å². The summed E-state index contributed by atoms with van der Waals surface area (Å²) in [5.74, 6) is 0.414. The first-order chi connectivity index (χ1) is 41.0. The molecule has 0 aromatic heterocycles. The molecule has 0 saturated heterocycles. The molecule has 0 aliphatic heterocycles. The van der Waals surface area contributed by atoms with Gasteiger partial charge in [0.15, 0.2) is 0 Å². The van der Waals surface area contributed by atoms with E-state index in [1.807, 2.05) is 0 Å². The van der Waals surface area contributed by atoms with Crippen molar-refractivity contribution < 1.29 is 0 Å². The van der Waals surface area contributed by atoms with E-state index in [4.69, 9.17) is 0 Å². The summed E-state index contributed by atoms with van der Waals surface area (Å²) in [7, 11) is 0. The Morgan fingerprint density at radius 3 is 0.976 bits per heavy atom. The van der Waals surface area contributed by atoms with Gasteiger partial charge in [-0.05, 0) is 176 Å². The van der Waals surface area contributed by atoms with Crippen LogP contribution in [-0.4, -0.2) is 0 Å². The molecule has 2 heteroatoms. The van der Waals surface area contributed by atoms with E-state index in [9.17, 15) is 0 Å². The average molecular weight is 1080 g/mol. The van der Waals surface area contributed by atoms with E-state index in [-0.39, 0.29) is 11.8 Å². The Bertz CT molecular complexity index is 4490. The van der Waals surface area contributed by atoms with Crippen molar-refractivity contribution in [1.29, 1.82) is 0 Å². The molecule has 0 aliphatic carbocycles. The fraction of sp³-hybridized carbons (Fsp3) is 0.122. The summed E-state index contributed by atoms with van der Waals surface area (Å²) < 4.78 is 0. The van der Waals surface area contributed by atoms with Crippen LogP contribution in [0.3, 0.4) is 0 Å². The summed E-state index contributed by atoms with van der Waals surface area (Å²) >= 11 is 0. The number of hydrogen-bond acceptors (Lipinski definition) is 2. The topological polar surface area (TPSA) is 6.48 Å². The number of aryl methyl sites for hydroxylation is 4. The van der Waals surface area contributed by atoms with Crippen LogP contribution in [0.2, 0.25) is 0 Å². The summed E-state index contributed by atoms with van der Waals surface area (Å²) in [5.41, 5.74) is 23.9. The molecular formula is C82H68N2. The van der Waals surface area contributed by atoms with Crippen molar-refractivity contribution in [1.82, 2.24) is 0 Å². The second kappa shape index (κ2) is 21.2. The van der Waals surface area contributed by atoms with E-state index in [1.54, 1.807) is 0 Å². The van der Waals surface area contributed by atoms with Gasteiger partial charge in [0.1, 0.15) is 0 Å². The Labute approximate surface area is 494 Å². The Kier molecular flexibility index (Phi) is 13.2. The van der Waals surface area contributed by atoms with Crippen LogP contribution < -0.4 is 9.80 Å². The van der Waals surface area contributed by atoms with Gasteiger partial charge < -0.3 is 9.80 Å². The highest BCUT2D eigenvalue weighted by molar-refractivity contribution is 6.30. The molecule has 0 atom stereocenters. The van der Waals surface area contributed by atoms with Crippen molar-refractivity contribution in [2.45, 2.75) is 67.2 Å². The lowest BCUT2D eigenvalue weighted by Gasteiger charge is -2.34. The van der Waals surface area contributed by atoms with Crippen LogP contribution >= 0.6 is 0 Å². The zero-order valence-electron chi connectivity index (χ0n) is 49.3. The number of fused-ring (bicyclic) bond motifs is 2.